The molecule has 2 aromatic heterocycles. The summed E-state index contributed by atoms with van der Waals surface area (Å²) in [5, 5.41) is 22.0. The number of aromatic nitrogens is 2. The van der Waals surface area contributed by atoms with Crippen molar-refractivity contribution in [3.05, 3.63) is 82.4 Å². The fourth-order valence-electron chi connectivity index (χ4n) is 5.92. The van der Waals surface area contributed by atoms with Crippen molar-refractivity contribution in [2.45, 2.75) is 51.0 Å². The molecule has 8 heterocycles. The summed E-state index contributed by atoms with van der Waals surface area (Å²) in [5.41, 5.74) is 1.82. The molecule has 3 N–H and O–H groups in total. The molecule has 14 heteroatoms. The standard InChI is InChI=1S/C36H40N6O8/c43-33-29-9-25(47-17-27-19-49-27)11-31(41-29)35(45)39-15-23-5-7-24(8-6-23)16-40-36(46)32-12-26(48-18-28-20-50-28)10-30(42-32)34(44)38-14-22-2-1-21(3-4-22)13-37-33/h1-4,9-12,23-24,27-28H,5-8,13-20H2,(H,37,43)(H,38,44)(H,39,45)(H,40,46)/p-1. The first-order valence-electron chi connectivity index (χ1n) is 17.0. The Labute approximate surface area is 289 Å². The molecule has 50 heavy (non-hydrogen) atoms. The highest BCUT2D eigenvalue weighted by molar-refractivity contribution is 5.97. The van der Waals surface area contributed by atoms with E-state index in [1.807, 2.05) is 24.3 Å². The van der Waals surface area contributed by atoms with E-state index in [1.54, 1.807) is 6.07 Å². The molecule has 3 amide bonds. The number of nitrogens with one attached hydrogen (secondary N) is 3. The second-order valence-electron chi connectivity index (χ2n) is 13.1. The molecule has 7 aliphatic rings. The molecule has 1 aromatic carbocycles. The van der Waals surface area contributed by atoms with E-state index in [1.165, 1.54) is 18.2 Å². The van der Waals surface area contributed by atoms with Crippen LogP contribution in [0.1, 0.15) is 74.0 Å². The van der Waals surface area contributed by atoms with Gasteiger partial charge in [-0.25, -0.2) is 9.97 Å². The zero-order chi connectivity index (χ0) is 34.5. The molecular formula is C36H39N6O8-. The molecule has 6 aliphatic heterocycles. The van der Waals surface area contributed by atoms with Crippen molar-refractivity contribution in [2.24, 2.45) is 16.8 Å². The van der Waals surface area contributed by atoms with Gasteiger partial charge in [0.05, 0.1) is 25.5 Å². The molecule has 0 radical (unpaired) electrons. The topological polar surface area (TPSA) is 192 Å². The van der Waals surface area contributed by atoms with Gasteiger partial charge >= 0.3 is 0 Å². The van der Waals surface area contributed by atoms with Gasteiger partial charge in [0.1, 0.15) is 54.0 Å². The highest BCUT2D eigenvalue weighted by Crippen LogP contribution is 2.28. The van der Waals surface area contributed by atoms with Gasteiger partial charge in [-0.05, 0) is 48.6 Å². The van der Waals surface area contributed by atoms with Crippen LogP contribution in [0.4, 0.5) is 0 Å². The normalized spacial score (nSPS) is 24.0. The molecular weight excluding hydrogens is 644 g/mol. The number of epoxide rings is 2. The van der Waals surface area contributed by atoms with Crippen LogP contribution in [0.5, 0.6) is 11.5 Å². The molecule has 10 rings (SSSR count). The minimum absolute atomic E-state index is 0.000170. The molecule has 8 bridgehead atoms. The summed E-state index contributed by atoms with van der Waals surface area (Å²) >= 11 is 0. The summed E-state index contributed by atoms with van der Waals surface area (Å²) < 4.78 is 22.1. The monoisotopic (exact) mass is 683 g/mol. The average Bonchev–Trinajstić information content (AvgIpc) is 4.09. The van der Waals surface area contributed by atoms with Crippen LogP contribution in [0.3, 0.4) is 0 Å². The Balaban J connectivity index is 1.11. The largest absolute Gasteiger partial charge is 0.857 e. The lowest BCUT2D eigenvalue weighted by Crippen LogP contribution is -2.35. The number of hydrogen-bond acceptors (Lipinski definition) is 11. The predicted molar refractivity (Wildman–Crippen MR) is 177 cm³/mol. The van der Waals surface area contributed by atoms with Gasteiger partial charge in [0.25, 0.3) is 17.7 Å². The second kappa shape index (κ2) is 15.2. The molecule has 1 aliphatic carbocycles. The lowest BCUT2D eigenvalue weighted by molar-refractivity contribution is -0.213. The van der Waals surface area contributed by atoms with Crippen LogP contribution in [0.2, 0.25) is 0 Å². The number of nitrogens with zero attached hydrogens (tertiary/aromatic N) is 3. The van der Waals surface area contributed by atoms with Gasteiger partial charge in [-0.1, -0.05) is 24.3 Å². The predicted octanol–water partition coefficient (Wildman–Crippen LogP) is 1.55. The van der Waals surface area contributed by atoms with Crippen LogP contribution >= 0.6 is 0 Å². The second-order valence-corrected chi connectivity index (χ2v) is 13.1. The third-order valence-electron chi connectivity index (χ3n) is 9.14. The first kappa shape index (κ1) is 33.4. The maximum atomic E-state index is 13.2. The van der Waals surface area contributed by atoms with E-state index in [0.717, 1.165) is 36.8 Å². The molecule has 2 saturated heterocycles. The Morgan fingerprint density at radius 3 is 1.60 bits per heavy atom. The summed E-state index contributed by atoms with van der Waals surface area (Å²) in [7, 11) is 0. The smallest absolute Gasteiger partial charge is 0.270 e. The lowest BCUT2D eigenvalue weighted by Gasteiger charge is -2.28. The maximum Gasteiger partial charge on any atom is 0.270 e. The summed E-state index contributed by atoms with van der Waals surface area (Å²) in [5.74, 6) is -0.580. The number of ether oxygens (including phenoxy) is 4. The Bertz CT molecular complexity index is 1750. The van der Waals surface area contributed by atoms with Crippen molar-refractivity contribution in [3.8, 4) is 11.5 Å². The fourth-order valence-corrected chi connectivity index (χ4v) is 5.92. The average molecular weight is 684 g/mol. The number of aliphatic imine (C=N–C) groups is 1. The number of pyridine rings is 2. The van der Waals surface area contributed by atoms with Crippen LogP contribution < -0.4 is 30.5 Å². The number of rotatable bonds is 6. The summed E-state index contributed by atoms with van der Waals surface area (Å²) in [6, 6.07) is 13.4. The SMILES string of the molecule is O=C1NCc2ccc(cc2)CN=C([O-])c2cc(OCC3CO3)cc(n2)C(=O)NCC2CCC(CC2)CNC(=O)c2cc(OCC3CO3)cc1n2. The molecule has 3 aromatic rings. The van der Waals surface area contributed by atoms with E-state index >= 15 is 0 Å². The Morgan fingerprint density at radius 1 is 0.660 bits per heavy atom. The summed E-state index contributed by atoms with van der Waals surface area (Å²) in [4.78, 5) is 52.6. The van der Waals surface area contributed by atoms with Crippen LogP contribution in [-0.4, -0.2) is 85.3 Å². The van der Waals surface area contributed by atoms with Crippen molar-refractivity contribution >= 4 is 23.6 Å². The Hall–Kier alpha value is -5.08. The zero-order valence-electron chi connectivity index (χ0n) is 27.5. The van der Waals surface area contributed by atoms with E-state index in [-0.39, 0.29) is 65.8 Å². The maximum absolute atomic E-state index is 13.2. The van der Waals surface area contributed by atoms with Crippen LogP contribution in [0.15, 0.2) is 53.5 Å². The van der Waals surface area contributed by atoms with Crippen LogP contribution in [0.25, 0.3) is 0 Å². The van der Waals surface area contributed by atoms with Crippen molar-refractivity contribution in [1.29, 1.82) is 0 Å². The Morgan fingerprint density at radius 2 is 1.10 bits per heavy atom. The van der Waals surface area contributed by atoms with Crippen molar-refractivity contribution < 1.29 is 38.4 Å². The number of carbonyl (C=O) groups is 3. The van der Waals surface area contributed by atoms with Gasteiger partial charge in [-0.3, -0.25) is 19.4 Å². The van der Waals surface area contributed by atoms with Crippen molar-refractivity contribution in [2.75, 3.05) is 39.5 Å². The Kier molecular flexibility index (Phi) is 10.2. The third kappa shape index (κ3) is 9.12. The molecule has 2 atom stereocenters. The van der Waals surface area contributed by atoms with E-state index < -0.39 is 17.7 Å². The van der Waals surface area contributed by atoms with Gasteiger partial charge in [0.15, 0.2) is 0 Å². The van der Waals surface area contributed by atoms with Gasteiger partial charge in [-0.15, -0.1) is 0 Å². The van der Waals surface area contributed by atoms with Gasteiger partial charge in [-0.2, -0.15) is 0 Å². The molecule has 2 unspecified atom stereocenters. The minimum Gasteiger partial charge on any atom is -0.857 e. The highest BCUT2D eigenvalue weighted by Gasteiger charge is 2.26. The first-order chi connectivity index (χ1) is 24.3. The summed E-state index contributed by atoms with van der Waals surface area (Å²) in [6.07, 6.45) is 3.49. The first-order valence-corrected chi connectivity index (χ1v) is 17.0. The molecule has 262 valence electrons. The molecule has 1 saturated carbocycles. The van der Waals surface area contributed by atoms with Gasteiger partial charge in [0, 0.05) is 49.8 Å². The van der Waals surface area contributed by atoms with E-state index in [2.05, 4.69) is 30.9 Å². The summed E-state index contributed by atoms with van der Waals surface area (Å²) in [6.45, 7) is 3.05. The minimum atomic E-state index is -0.571. The molecule has 14 nitrogen and oxygen atoms in total. The van der Waals surface area contributed by atoms with Crippen LogP contribution in [0, 0.1) is 11.8 Å². The van der Waals surface area contributed by atoms with E-state index in [4.69, 9.17) is 18.9 Å². The quantitative estimate of drug-likeness (QED) is 0.321. The molecule has 3 fully saturated rings. The zero-order valence-corrected chi connectivity index (χ0v) is 27.5. The lowest BCUT2D eigenvalue weighted by atomic mass is 9.82. The van der Waals surface area contributed by atoms with E-state index in [9.17, 15) is 19.5 Å². The highest BCUT2D eigenvalue weighted by atomic mass is 16.6. The number of carbonyl (C=O) groups excluding carboxylic acids is 3. The number of benzene rings is 1. The van der Waals surface area contributed by atoms with Gasteiger partial charge in [0.2, 0.25) is 0 Å². The fraction of sp³-hybridized carbons (Fsp3) is 0.444. The van der Waals surface area contributed by atoms with Crippen molar-refractivity contribution in [3.63, 3.8) is 0 Å². The molecule has 0 spiro atoms. The van der Waals surface area contributed by atoms with Gasteiger partial charge < -0.3 is 40.0 Å². The number of hydrogen-bond donors (Lipinski definition) is 3. The van der Waals surface area contributed by atoms with E-state index in [0.29, 0.717) is 51.0 Å². The third-order valence-corrected chi connectivity index (χ3v) is 9.14. The number of amides is 3. The van der Waals surface area contributed by atoms with Crippen LogP contribution in [-0.2, 0) is 22.6 Å². The van der Waals surface area contributed by atoms with Crippen molar-refractivity contribution in [1.82, 2.24) is 25.9 Å².